The van der Waals surface area contributed by atoms with Gasteiger partial charge in [-0.25, -0.2) is 4.98 Å². The van der Waals surface area contributed by atoms with Gasteiger partial charge in [0.25, 0.3) is 0 Å². The van der Waals surface area contributed by atoms with Crippen LogP contribution in [0.2, 0.25) is 0 Å². The van der Waals surface area contributed by atoms with Gasteiger partial charge < -0.3 is 15.1 Å². The number of fused-ring (bicyclic) bond motifs is 1. The van der Waals surface area contributed by atoms with E-state index in [4.69, 9.17) is 4.42 Å². The number of nitrogens with one attached hydrogen (secondary N) is 2. The van der Waals surface area contributed by atoms with Crippen LogP contribution in [0.25, 0.3) is 10.8 Å². The van der Waals surface area contributed by atoms with Crippen LogP contribution in [0.1, 0.15) is 38.0 Å². The van der Waals surface area contributed by atoms with Crippen molar-refractivity contribution in [3.05, 3.63) is 65.9 Å². The van der Waals surface area contributed by atoms with E-state index in [0.29, 0.717) is 12.4 Å². The van der Waals surface area contributed by atoms with E-state index >= 15 is 0 Å². The van der Waals surface area contributed by atoms with Crippen molar-refractivity contribution in [2.75, 3.05) is 13.6 Å². The first-order chi connectivity index (χ1) is 13.0. The van der Waals surface area contributed by atoms with E-state index in [1.807, 2.05) is 0 Å². The van der Waals surface area contributed by atoms with Gasteiger partial charge in [0, 0.05) is 19.0 Å². The summed E-state index contributed by atoms with van der Waals surface area (Å²) in [7, 11) is 1.77. The largest absolute Gasteiger partial charge is 0.443 e. The van der Waals surface area contributed by atoms with Crippen LogP contribution in [0.4, 0.5) is 0 Å². The van der Waals surface area contributed by atoms with Gasteiger partial charge in [-0.2, -0.15) is 0 Å². The monoisotopic (exact) mass is 364 g/mol. The zero-order valence-corrected chi connectivity index (χ0v) is 16.5. The molecule has 0 saturated carbocycles. The van der Waals surface area contributed by atoms with Gasteiger partial charge in [-0.15, -0.1) is 0 Å². The van der Waals surface area contributed by atoms with Crippen LogP contribution in [0.5, 0.6) is 0 Å². The molecule has 0 bridgehead atoms. The normalized spacial score (nSPS) is 12.4. The van der Waals surface area contributed by atoms with Gasteiger partial charge in [-0.1, -0.05) is 63.2 Å². The molecule has 142 valence electrons. The van der Waals surface area contributed by atoms with Crippen LogP contribution in [-0.4, -0.2) is 24.5 Å². The lowest BCUT2D eigenvalue weighted by Crippen LogP contribution is -2.37. The highest BCUT2D eigenvalue weighted by atomic mass is 16.4. The highest BCUT2D eigenvalue weighted by molar-refractivity contribution is 5.83. The van der Waals surface area contributed by atoms with E-state index in [2.05, 4.69) is 83.8 Å². The highest BCUT2D eigenvalue weighted by Crippen LogP contribution is 2.22. The van der Waals surface area contributed by atoms with Crippen LogP contribution >= 0.6 is 0 Å². The third-order valence-corrected chi connectivity index (χ3v) is 4.44. The number of aromatic nitrogens is 1. The number of hydrogen-bond acceptors (Lipinski definition) is 3. The molecule has 5 heteroatoms. The van der Waals surface area contributed by atoms with Gasteiger partial charge in [0.2, 0.25) is 5.89 Å². The van der Waals surface area contributed by atoms with Crippen LogP contribution < -0.4 is 10.6 Å². The van der Waals surface area contributed by atoms with Crippen molar-refractivity contribution in [3.8, 4) is 0 Å². The van der Waals surface area contributed by atoms with Crippen molar-refractivity contribution in [2.45, 2.75) is 39.2 Å². The van der Waals surface area contributed by atoms with Gasteiger partial charge in [0.15, 0.2) is 5.96 Å². The van der Waals surface area contributed by atoms with Crippen LogP contribution in [0.15, 0.2) is 58.1 Å². The van der Waals surface area contributed by atoms with E-state index in [1.165, 1.54) is 16.3 Å². The Bertz CT molecular complexity index is 921. The molecule has 0 radical (unpaired) electrons. The summed E-state index contributed by atoms with van der Waals surface area (Å²) in [6.45, 7) is 7.64. The Kier molecular flexibility index (Phi) is 5.79. The standard InChI is InChI=1S/C22H28N4O/c1-22(2,3)19-14-25-20(27-19)15-26-21(23-4)24-12-11-16-9-10-17-7-5-6-8-18(17)13-16/h5-10,13-14H,11-12,15H2,1-4H3,(H2,23,24,26). The Labute approximate surface area is 160 Å². The Morgan fingerprint density at radius 3 is 2.56 bits per heavy atom. The first-order valence-electron chi connectivity index (χ1n) is 9.33. The predicted molar refractivity (Wildman–Crippen MR) is 111 cm³/mol. The summed E-state index contributed by atoms with van der Waals surface area (Å²) in [6.07, 6.45) is 2.73. The minimum absolute atomic E-state index is 0.0367. The third-order valence-electron chi connectivity index (χ3n) is 4.44. The molecule has 0 amide bonds. The van der Waals surface area contributed by atoms with E-state index in [1.54, 1.807) is 13.2 Å². The minimum atomic E-state index is -0.0367. The number of nitrogens with zero attached hydrogens (tertiary/aromatic N) is 2. The molecule has 0 aliphatic carbocycles. The van der Waals surface area contributed by atoms with Gasteiger partial charge >= 0.3 is 0 Å². The molecule has 27 heavy (non-hydrogen) atoms. The second-order valence-corrected chi connectivity index (χ2v) is 7.65. The number of oxazole rings is 1. The van der Waals surface area contributed by atoms with Crippen molar-refractivity contribution >= 4 is 16.7 Å². The number of aliphatic imine (C=N–C) groups is 1. The fourth-order valence-corrected chi connectivity index (χ4v) is 2.84. The molecule has 3 rings (SSSR count). The van der Waals surface area contributed by atoms with Crippen molar-refractivity contribution in [2.24, 2.45) is 4.99 Å². The van der Waals surface area contributed by atoms with Gasteiger partial charge in [-0.05, 0) is 22.8 Å². The third kappa shape index (κ3) is 5.09. The maximum atomic E-state index is 5.80. The predicted octanol–water partition coefficient (Wildman–Crippen LogP) is 4.03. The minimum Gasteiger partial charge on any atom is -0.443 e. The van der Waals surface area contributed by atoms with Crippen LogP contribution in [0, 0.1) is 0 Å². The molecule has 2 N–H and O–H groups in total. The Morgan fingerprint density at radius 1 is 1.07 bits per heavy atom. The van der Waals surface area contributed by atoms with E-state index in [-0.39, 0.29) is 5.41 Å². The fourth-order valence-electron chi connectivity index (χ4n) is 2.84. The Morgan fingerprint density at radius 2 is 1.85 bits per heavy atom. The Balaban J connectivity index is 1.49. The fraction of sp³-hybridized carbons (Fsp3) is 0.364. The number of hydrogen-bond donors (Lipinski definition) is 2. The SMILES string of the molecule is CN=C(NCCc1ccc2ccccc2c1)NCc1ncc(C(C)(C)C)o1. The zero-order chi connectivity index (χ0) is 19.3. The summed E-state index contributed by atoms with van der Waals surface area (Å²) in [4.78, 5) is 8.60. The summed E-state index contributed by atoms with van der Waals surface area (Å²) in [6, 6.07) is 15.0. The molecule has 1 heterocycles. The lowest BCUT2D eigenvalue weighted by atomic mass is 9.94. The van der Waals surface area contributed by atoms with Crippen LogP contribution in [0.3, 0.4) is 0 Å². The molecule has 3 aromatic rings. The molecule has 0 aliphatic rings. The van der Waals surface area contributed by atoms with Crippen molar-refractivity contribution < 1.29 is 4.42 Å². The summed E-state index contributed by atoms with van der Waals surface area (Å²) in [5, 5.41) is 9.14. The maximum absolute atomic E-state index is 5.80. The molecular weight excluding hydrogens is 336 g/mol. The smallest absolute Gasteiger partial charge is 0.213 e. The molecule has 0 unspecified atom stereocenters. The van der Waals surface area contributed by atoms with Gasteiger partial charge in [0.05, 0.1) is 12.7 Å². The van der Waals surface area contributed by atoms with Gasteiger partial charge in [-0.3, -0.25) is 4.99 Å². The topological polar surface area (TPSA) is 62.5 Å². The summed E-state index contributed by atoms with van der Waals surface area (Å²) in [5.74, 6) is 2.29. The summed E-state index contributed by atoms with van der Waals surface area (Å²) < 4.78 is 5.80. The van der Waals surface area contributed by atoms with Gasteiger partial charge in [0.1, 0.15) is 5.76 Å². The molecular formula is C22H28N4O. The van der Waals surface area contributed by atoms with Crippen molar-refractivity contribution in [3.63, 3.8) is 0 Å². The van der Waals surface area contributed by atoms with E-state index in [9.17, 15) is 0 Å². The number of benzene rings is 2. The lowest BCUT2D eigenvalue weighted by molar-refractivity contribution is 0.379. The average molecular weight is 364 g/mol. The summed E-state index contributed by atoms with van der Waals surface area (Å²) in [5.41, 5.74) is 1.27. The molecule has 1 aromatic heterocycles. The second-order valence-electron chi connectivity index (χ2n) is 7.65. The zero-order valence-electron chi connectivity index (χ0n) is 16.5. The molecule has 0 atom stereocenters. The second kappa shape index (κ2) is 8.25. The molecule has 0 spiro atoms. The maximum Gasteiger partial charge on any atom is 0.213 e. The van der Waals surface area contributed by atoms with Crippen molar-refractivity contribution in [1.82, 2.24) is 15.6 Å². The van der Waals surface area contributed by atoms with Crippen molar-refractivity contribution in [1.29, 1.82) is 0 Å². The van der Waals surface area contributed by atoms with E-state index < -0.39 is 0 Å². The first-order valence-corrected chi connectivity index (χ1v) is 9.33. The lowest BCUT2D eigenvalue weighted by Gasteiger charge is -2.13. The quantitative estimate of drug-likeness (QED) is 0.530. The van der Waals surface area contributed by atoms with E-state index in [0.717, 1.165) is 24.7 Å². The molecule has 0 fully saturated rings. The first kappa shape index (κ1) is 19.0. The number of guanidine groups is 1. The summed E-state index contributed by atoms with van der Waals surface area (Å²) >= 11 is 0. The molecule has 0 aliphatic heterocycles. The molecule has 2 aromatic carbocycles. The highest BCUT2D eigenvalue weighted by Gasteiger charge is 2.19. The number of rotatable bonds is 5. The van der Waals surface area contributed by atoms with Crippen LogP contribution in [-0.2, 0) is 18.4 Å². The molecule has 0 saturated heterocycles. The Hall–Kier alpha value is -2.82. The average Bonchev–Trinajstić information content (AvgIpc) is 3.14. The molecule has 5 nitrogen and oxygen atoms in total.